The molecular weight excluding hydrogens is 370 g/mol. The molecule has 5 nitrogen and oxygen atoms in total. The molecule has 140 valence electrons. The van der Waals surface area contributed by atoms with Gasteiger partial charge in [0.05, 0.1) is 11.6 Å². The van der Waals surface area contributed by atoms with E-state index in [1.807, 2.05) is 54.8 Å². The van der Waals surface area contributed by atoms with Gasteiger partial charge in [-0.3, -0.25) is 9.59 Å². The number of carbonyl (C=O) groups excluding carboxylic acids is 2. The SMILES string of the molecule is C[C@@H]1C(=O)Nc2ccc(-c3csc(-c4cccc(NC(=O)C5CC5)c4)n3)cc21. The summed E-state index contributed by atoms with van der Waals surface area (Å²) in [5, 5.41) is 8.82. The van der Waals surface area contributed by atoms with Crippen LogP contribution in [0.25, 0.3) is 21.8 Å². The smallest absolute Gasteiger partial charge is 0.231 e. The Bertz CT molecular complexity index is 1100. The monoisotopic (exact) mass is 389 g/mol. The zero-order chi connectivity index (χ0) is 19.3. The Morgan fingerprint density at radius 1 is 1.18 bits per heavy atom. The first-order chi connectivity index (χ1) is 13.6. The molecule has 1 aliphatic carbocycles. The van der Waals surface area contributed by atoms with Gasteiger partial charge in [-0.25, -0.2) is 4.98 Å². The molecule has 2 N–H and O–H groups in total. The second-order valence-corrected chi connectivity index (χ2v) is 8.25. The molecule has 5 rings (SSSR count). The van der Waals surface area contributed by atoms with Crippen LogP contribution >= 0.6 is 11.3 Å². The van der Waals surface area contributed by atoms with Gasteiger partial charge in [0.25, 0.3) is 0 Å². The molecule has 1 atom stereocenters. The van der Waals surface area contributed by atoms with Crippen molar-refractivity contribution in [3.8, 4) is 21.8 Å². The Morgan fingerprint density at radius 2 is 2.04 bits per heavy atom. The number of rotatable bonds is 4. The number of nitrogens with zero attached hydrogens (tertiary/aromatic N) is 1. The van der Waals surface area contributed by atoms with E-state index in [0.717, 1.165) is 51.6 Å². The van der Waals surface area contributed by atoms with Crippen LogP contribution in [0.1, 0.15) is 31.2 Å². The lowest BCUT2D eigenvalue weighted by atomic mass is 9.99. The summed E-state index contributed by atoms with van der Waals surface area (Å²) in [6, 6.07) is 13.8. The number of hydrogen-bond acceptors (Lipinski definition) is 4. The van der Waals surface area contributed by atoms with Crippen LogP contribution in [-0.2, 0) is 9.59 Å². The Kier molecular flexibility index (Phi) is 4.02. The molecule has 6 heteroatoms. The zero-order valence-corrected chi connectivity index (χ0v) is 16.2. The molecule has 0 bridgehead atoms. The summed E-state index contributed by atoms with van der Waals surface area (Å²) in [7, 11) is 0. The topological polar surface area (TPSA) is 71.1 Å². The zero-order valence-electron chi connectivity index (χ0n) is 15.4. The van der Waals surface area contributed by atoms with E-state index in [1.165, 1.54) is 0 Å². The molecule has 2 heterocycles. The fourth-order valence-corrected chi connectivity index (χ4v) is 4.26. The van der Waals surface area contributed by atoms with Crippen LogP contribution in [0, 0.1) is 5.92 Å². The van der Waals surface area contributed by atoms with Crippen molar-refractivity contribution in [1.29, 1.82) is 0 Å². The van der Waals surface area contributed by atoms with Gasteiger partial charge in [-0.15, -0.1) is 11.3 Å². The first-order valence-corrected chi connectivity index (χ1v) is 10.3. The van der Waals surface area contributed by atoms with Gasteiger partial charge in [-0.2, -0.15) is 0 Å². The summed E-state index contributed by atoms with van der Waals surface area (Å²) in [6.45, 7) is 1.92. The van der Waals surface area contributed by atoms with Crippen LogP contribution in [0.4, 0.5) is 11.4 Å². The summed E-state index contributed by atoms with van der Waals surface area (Å²) in [4.78, 5) is 28.7. The summed E-state index contributed by atoms with van der Waals surface area (Å²) in [5.41, 5.74) is 5.58. The second kappa shape index (κ2) is 6.56. The summed E-state index contributed by atoms with van der Waals surface area (Å²) in [6.07, 6.45) is 1.98. The number of nitrogens with one attached hydrogen (secondary N) is 2. The first-order valence-electron chi connectivity index (χ1n) is 9.40. The van der Waals surface area contributed by atoms with Gasteiger partial charge in [-0.1, -0.05) is 18.2 Å². The van der Waals surface area contributed by atoms with Crippen molar-refractivity contribution < 1.29 is 9.59 Å². The summed E-state index contributed by atoms with van der Waals surface area (Å²) in [5.74, 6) is 0.182. The van der Waals surface area contributed by atoms with E-state index < -0.39 is 0 Å². The van der Waals surface area contributed by atoms with Crippen LogP contribution in [0.2, 0.25) is 0 Å². The number of benzene rings is 2. The van der Waals surface area contributed by atoms with E-state index in [0.29, 0.717) is 0 Å². The van der Waals surface area contributed by atoms with Crippen molar-refractivity contribution >= 4 is 34.5 Å². The predicted octanol–water partition coefficient (Wildman–Crippen LogP) is 4.88. The van der Waals surface area contributed by atoms with Gasteiger partial charge in [0.2, 0.25) is 11.8 Å². The number of amides is 2. The van der Waals surface area contributed by atoms with Gasteiger partial charge in [0.15, 0.2) is 0 Å². The minimum Gasteiger partial charge on any atom is -0.326 e. The van der Waals surface area contributed by atoms with Crippen molar-refractivity contribution in [1.82, 2.24) is 4.98 Å². The Labute approximate surface area is 166 Å². The number of hydrogen-bond donors (Lipinski definition) is 2. The maximum Gasteiger partial charge on any atom is 0.231 e. The molecule has 1 aromatic heterocycles. The van der Waals surface area contributed by atoms with Gasteiger partial charge in [0.1, 0.15) is 5.01 Å². The molecule has 2 aromatic carbocycles. The van der Waals surface area contributed by atoms with Gasteiger partial charge < -0.3 is 10.6 Å². The third-order valence-electron chi connectivity index (χ3n) is 5.29. The maximum atomic E-state index is 12.0. The molecule has 28 heavy (non-hydrogen) atoms. The van der Waals surface area contributed by atoms with E-state index >= 15 is 0 Å². The molecule has 0 radical (unpaired) electrons. The Hall–Kier alpha value is -2.99. The fourth-order valence-electron chi connectivity index (χ4n) is 3.44. The lowest BCUT2D eigenvalue weighted by Gasteiger charge is -2.06. The highest BCUT2D eigenvalue weighted by Crippen LogP contribution is 2.37. The number of fused-ring (bicyclic) bond motifs is 1. The highest BCUT2D eigenvalue weighted by molar-refractivity contribution is 7.13. The lowest BCUT2D eigenvalue weighted by molar-refractivity contribution is -0.117. The fraction of sp³-hybridized carbons (Fsp3) is 0.227. The minimum atomic E-state index is -0.139. The van der Waals surface area contributed by atoms with Crippen LogP contribution in [-0.4, -0.2) is 16.8 Å². The number of thiazole rings is 1. The van der Waals surface area contributed by atoms with Crippen molar-refractivity contribution in [3.05, 3.63) is 53.4 Å². The summed E-state index contributed by atoms with van der Waals surface area (Å²) >= 11 is 1.57. The largest absolute Gasteiger partial charge is 0.326 e. The normalized spacial score (nSPS) is 17.9. The lowest BCUT2D eigenvalue weighted by Crippen LogP contribution is -2.13. The molecule has 1 fully saturated rings. The molecule has 0 unspecified atom stereocenters. The van der Waals surface area contributed by atoms with Crippen LogP contribution in [0.15, 0.2) is 47.8 Å². The third-order valence-corrected chi connectivity index (χ3v) is 6.19. The molecule has 2 amide bonds. The predicted molar refractivity (Wildman–Crippen MR) is 111 cm³/mol. The van der Waals surface area contributed by atoms with Crippen molar-refractivity contribution in [3.63, 3.8) is 0 Å². The molecule has 0 saturated heterocycles. The standard InChI is InChI=1S/C22H19N3O2S/c1-12-17-10-14(7-8-18(17)24-20(12)26)19-11-28-22(25-19)15-3-2-4-16(9-15)23-21(27)13-5-6-13/h2-4,7-13H,5-6H2,1H3,(H,23,27)(H,24,26)/t12-/m0/s1. The first kappa shape index (κ1) is 17.1. The quantitative estimate of drug-likeness (QED) is 0.668. The van der Waals surface area contributed by atoms with Gasteiger partial charge >= 0.3 is 0 Å². The second-order valence-electron chi connectivity index (χ2n) is 7.40. The molecule has 3 aromatic rings. The highest BCUT2D eigenvalue weighted by Gasteiger charge is 2.29. The van der Waals surface area contributed by atoms with E-state index in [1.54, 1.807) is 11.3 Å². The molecule has 1 saturated carbocycles. The van der Waals surface area contributed by atoms with E-state index in [9.17, 15) is 9.59 Å². The highest BCUT2D eigenvalue weighted by atomic mass is 32.1. The van der Waals surface area contributed by atoms with Crippen molar-refractivity contribution in [2.24, 2.45) is 5.92 Å². The molecule has 2 aliphatic rings. The molecule has 0 spiro atoms. The average molecular weight is 389 g/mol. The number of anilines is 2. The van der Waals surface area contributed by atoms with E-state index in [2.05, 4.69) is 10.6 Å². The Morgan fingerprint density at radius 3 is 2.86 bits per heavy atom. The van der Waals surface area contributed by atoms with Crippen molar-refractivity contribution in [2.45, 2.75) is 25.7 Å². The van der Waals surface area contributed by atoms with Crippen LogP contribution in [0.3, 0.4) is 0 Å². The molecule has 1 aliphatic heterocycles. The third kappa shape index (κ3) is 3.10. The Balaban J connectivity index is 1.41. The van der Waals surface area contributed by atoms with Crippen LogP contribution < -0.4 is 10.6 Å². The average Bonchev–Trinajstić information content (AvgIpc) is 3.37. The van der Waals surface area contributed by atoms with E-state index in [-0.39, 0.29) is 23.7 Å². The maximum absolute atomic E-state index is 12.0. The van der Waals surface area contributed by atoms with Crippen LogP contribution in [0.5, 0.6) is 0 Å². The van der Waals surface area contributed by atoms with Crippen molar-refractivity contribution in [2.75, 3.05) is 10.6 Å². The molecular formula is C22H19N3O2S. The minimum absolute atomic E-state index is 0.0381. The van der Waals surface area contributed by atoms with Gasteiger partial charge in [0, 0.05) is 33.8 Å². The van der Waals surface area contributed by atoms with Gasteiger partial charge in [-0.05, 0) is 49.6 Å². The number of aromatic nitrogens is 1. The van der Waals surface area contributed by atoms with E-state index in [4.69, 9.17) is 4.98 Å². The number of carbonyl (C=O) groups is 2. The summed E-state index contributed by atoms with van der Waals surface area (Å²) < 4.78 is 0.